The predicted octanol–water partition coefficient (Wildman–Crippen LogP) is 5.48. The fourth-order valence-corrected chi connectivity index (χ4v) is 4.78. The number of esters is 1. The van der Waals surface area contributed by atoms with Crippen LogP contribution in [0, 0.1) is 17.7 Å². The molecule has 3 rings (SSSR count). The number of halogens is 1. The molecule has 0 heterocycles. The summed E-state index contributed by atoms with van der Waals surface area (Å²) in [5, 5.41) is 0. The molecule has 4 atom stereocenters. The van der Waals surface area contributed by atoms with E-state index in [9.17, 15) is 9.18 Å². The monoisotopic (exact) mass is 362 g/mol. The number of hydrogen-bond donors (Lipinski definition) is 0. The van der Waals surface area contributed by atoms with Gasteiger partial charge >= 0.3 is 5.97 Å². The zero-order valence-electron chi connectivity index (χ0n) is 16.0. The maximum atomic E-state index is 14.6. The molecule has 0 saturated heterocycles. The molecule has 1 aromatic carbocycles. The number of carbonyl (C=O) groups is 1. The van der Waals surface area contributed by atoms with Crippen LogP contribution in [0.2, 0.25) is 0 Å². The molecule has 0 aromatic heterocycles. The molecule has 3 nitrogen and oxygen atoms in total. The first-order valence-corrected chi connectivity index (χ1v) is 10.1. The number of carbonyl (C=O) groups excluding carboxylic acids is 1. The molecule has 0 bridgehead atoms. The molecule has 0 spiro atoms. The summed E-state index contributed by atoms with van der Waals surface area (Å²) in [5.41, 5.74) is 1.05. The van der Waals surface area contributed by atoms with Crippen molar-refractivity contribution in [2.75, 3.05) is 13.7 Å². The van der Waals surface area contributed by atoms with Crippen LogP contribution in [0.1, 0.15) is 80.1 Å². The highest BCUT2D eigenvalue weighted by molar-refractivity contribution is 5.89. The molecule has 26 heavy (non-hydrogen) atoms. The Morgan fingerprint density at radius 2 is 1.92 bits per heavy atom. The van der Waals surface area contributed by atoms with Gasteiger partial charge in [0.1, 0.15) is 5.82 Å². The Bertz CT molecular complexity index is 615. The van der Waals surface area contributed by atoms with E-state index in [-0.39, 0.29) is 17.3 Å². The molecule has 2 saturated carbocycles. The van der Waals surface area contributed by atoms with Gasteiger partial charge in [0.2, 0.25) is 0 Å². The van der Waals surface area contributed by atoms with Crippen molar-refractivity contribution in [3.05, 3.63) is 35.1 Å². The van der Waals surface area contributed by atoms with Crippen LogP contribution in [0.25, 0.3) is 0 Å². The van der Waals surface area contributed by atoms with Gasteiger partial charge in [-0.3, -0.25) is 0 Å². The van der Waals surface area contributed by atoms with E-state index in [2.05, 4.69) is 11.7 Å². The highest BCUT2D eigenvalue weighted by atomic mass is 19.1. The summed E-state index contributed by atoms with van der Waals surface area (Å²) in [4.78, 5) is 11.6. The fourth-order valence-electron chi connectivity index (χ4n) is 4.78. The van der Waals surface area contributed by atoms with Crippen LogP contribution < -0.4 is 0 Å². The standard InChI is InChI=1S/C22H31FO3/c1-3-4-11-26-19-9-7-15-12-17(6-5-16(15)13-19)20-10-8-18(14-21(20)23)22(24)25-2/h8,10,14-17,19H,3-7,9,11-13H2,1-2H3. The van der Waals surface area contributed by atoms with Gasteiger partial charge < -0.3 is 9.47 Å². The normalized spacial score (nSPS) is 28.4. The lowest BCUT2D eigenvalue weighted by Gasteiger charge is -2.42. The molecular formula is C22H31FO3. The molecule has 0 radical (unpaired) electrons. The van der Waals surface area contributed by atoms with E-state index in [0.717, 1.165) is 50.2 Å². The summed E-state index contributed by atoms with van der Waals surface area (Å²) in [6.07, 6.45) is 9.50. The summed E-state index contributed by atoms with van der Waals surface area (Å²) < 4.78 is 25.3. The first-order chi connectivity index (χ1) is 12.6. The minimum Gasteiger partial charge on any atom is -0.465 e. The first-order valence-electron chi connectivity index (χ1n) is 10.1. The number of unbranched alkanes of at least 4 members (excludes halogenated alkanes) is 1. The lowest BCUT2D eigenvalue weighted by Crippen LogP contribution is -2.34. The summed E-state index contributed by atoms with van der Waals surface area (Å²) in [6.45, 7) is 3.08. The Balaban J connectivity index is 1.59. The topological polar surface area (TPSA) is 35.5 Å². The van der Waals surface area contributed by atoms with Crippen molar-refractivity contribution >= 4 is 5.97 Å². The fraction of sp³-hybridized carbons (Fsp3) is 0.682. The molecule has 4 heteroatoms. The van der Waals surface area contributed by atoms with Crippen LogP contribution in [0.15, 0.2) is 18.2 Å². The molecule has 1 aromatic rings. The van der Waals surface area contributed by atoms with Gasteiger partial charge in [0.05, 0.1) is 18.8 Å². The molecule has 4 unspecified atom stereocenters. The molecule has 144 valence electrons. The van der Waals surface area contributed by atoms with Gasteiger partial charge in [-0.25, -0.2) is 9.18 Å². The second kappa shape index (κ2) is 8.98. The third kappa shape index (κ3) is 4.46. The van der Waals surface area contributed by atoms with Crippen molar-refractivity contribution in [1.29, 1.82) is 0 Å². The van der Waals surface area contributed by atoms with E-state index in [4.69, 9.17) is 4.74 Å². The molecule has 2 fully saturated rings. The van der Waals surface area contributed by atoms with Crippen LogP contribution >= 0.6 is 0 Å². The van der Waals surface area contributed by atoms with Crippen molar-refractivity contribution in [1.82, 2.24) is 0 Å². The van der Waals surface area contributed by atoms with Gasteiger partial charge in [-0.05, 0) is 80.4 Å². The van der Waals surface area contributed by atoms with Gasteiger partial charge in [-0.2, -0.15) is 0 Å². The molecular weight excluding hydrogens is 331 g/mol. The Morgan fingerprint density at radius 1 is 1.15 bits per heavy atom. The highest BCUT2D eigenvalue weighted by Crippen LogP contribution is 2.47. The number of ether oxygens (including phenoxy) is 2. The van der Waals surface area contributed by atoms with Crippen molar-refractivity contribution in [3.8, 4) is 0 Å². The Hall–Kier alpha value is -1.42. The average molecular weight is 362 g/mol. The third-order valence-electron chi connectivity index (χ3n) is 6.28. The molecule has 0 aliphatic heterocycles. The summed E-state index contributed by atoms with van der Waals surface area (Å²) in [6, 6.07) is 4.80. The zero-order chi connectivity index (χ0) is 18.5. The number of methoxy groups -OCH3 is 1. The van der Waals surface area contributed by atoms with E-state index in [1.54, 1.807) is 12.1 Å². The van der Waals surface area contributed by atoms with Gasteiger partial charge in [0.25, 0.3) is 0 Å². The Labute approximate surface area is 156 Å². The lowest BCUT2D eigenvalue weighted by atomic mass is 9.65. The second-order valence-corrected chi connectivity index (χ2v) is 7.92. The first kappa shape index (κ1) is 19.3. The van der Waals surface area contributed by atoms with Gasteiger partial charge in [-0.1, -0.05) is 19.4 Å². The number of hydrogen-bond acceptors (Lipinski definition) is 3. The zero-order valence-corrected chi connectivity index (χ0v) is 16.0. The average Bonchev–Trinajstić information content (AvgIpc) is 2.67. The maximum absolute atomic E-state index is 14.6. The summed E-state index contributed by atoms with van der Waals surface area (Å²) in [7, 11) is 1.32. The smallest absolute Gasteiger partial charge is 0.337 e. The molecule has 0 amide bonds. The van der Waals surface area contributed by atoms with Crippen LogP contribution in [0.3, 0.4) is 0 Å². The Kier molecular flexibility index (Phi) is 6.68. The van der Waals surface area contributed by atoms with Gasteiger partial charge in [0.15, 0.2) is 0 Å². The van der Waals surface area contributed by atoms with Crippen molar-refractivity contribution in [2.24, 2.45) is 11.8 Å². The summed E-state index contributed by atoms with van der Waals surface area (Å²) in [5.74, 6) is 0.914. The van der Waals surface area contributed by atoms with E-state index in [0.29, 0.717) is 12.0 Å². The number of fused-ring (bicyclic) bond motifs is 1. The van der Waals surface area contributed by atoms with Crippen LogP contribution in [0.4, 0.5) is 4.39 Å². The van der Waals surface area contributed by atoms with Crippen molar-refractivity contribution in [2.45, 2.75) is 70.3 Å². The van der Waals surface area contributed by atoms with Gasteiger partial charge in [0, 0.05) is 6.61 Å². The molecule has 2 aliphatic carbocycles. The minimum absolute atomic E-state index is 0.264. The predicted molar refractivity (Wildman–Crippen MR) is 99.8 cm³/mol. The van der Waals surface area contributed by atoms with Gasteiger partial charge in [-0.15, -0.1) is 0 Å². The minimum atomic E-state index is -0.486. The third-order valence-corrected chi connectivity index (χ3v) is 6.28. The largest absolute Gasteiger partial charge is 0.465 e. The second-order valence-electron chi connectivity index (χ2n) is 7.92. The van der Waals surface area contributed by atoms with Crippen LogP contribution in [-0.2, 0) is 9.47 Å². The van der Waals surface area contributed by atoms with E-state index in [1.807, 2.05) is 0 Å². The van der Waals surface area contributed by atoms with Crippen LogP contribution in [-0.4, -0.2) is 25.8 Å². The molecule has 2 aliphatic rings. The number of benzene rings is 1. The Morgan fingerprint density at radius 3 is 2.65 bits per heavy atom. The van der Waals surface area contributed by atoms with Crippen LogP contribution in [0.5, 0.6) is 0 Å². The summed E-state index contributed by atoms with van der Waals surface area (Å²) >= 11 is 0. The molecule has 0 N–H and O–H groups in total. The quantitative estimate of drug-likeness (QED) is 0.496. The van der Waals surface area contributed by atoms with E-state index < -0.39 is 5.97 Å². The maximum Gasteiger partial charge on any atom is 0.337 e. The van der Waals surface area contributed by atoms with Crippen molar-refractivity contribution in [3.63, 3.8) is 0 Å². The van der Waals surface area contributed by atoms with E-state index >= 15 is 0 Å². The van der Waals surface area contributed by atoms with Crippen molar-refractivity contribution < 1.29 is 18.7 Å². The lowest BCUT2D eigenvalue weighted by molar-refractivity contribution is -0.0161. The number of rotatable bonds is 6. The highest BCUT2D eigenvalue weighted by Gasteiger charge is 2.37. The van der Waals surface area contributed by atoms with E-state index in [1.165, 1.54) is 32.4 Å². The SMILES string of the molecule is CCCCOC1CCC2CC(c3ccc(C(=O)OC)cc3F)CCC2C1.